The van der Waals surface area contributed by atoms with Crippen LogP contribution in [0.4, 0.5) is 11.5 Å². The Kier molecular flexibility index (Phi) is 3.25. The summed E-state index contributed by atoms with van der Waals surface area (Å²) in [5.74, 6) is 1.39. The Morgan fingerprint density at radius 2 is 2.04 bits per heavy atom. The summed E-state index contributed by atoms with van der Waals surface area (Å²) in [6.45, 7) is 0. The summed E-state index contributed by atoms with van der Waals surface area (Å²) in [6.07, 6.45) is 1.51. The minimum absolute atomic E-state index is 0.557. The zero-order chi connectivity index (χ0) is 16.5. The number of nitriles is 1. The number of anilines is 2. The summed E-state index contributed by atoms with van der Waals surface area (Å²) in [4.78, 5) is 12.0. The molecule has 0 bridgehead atoms. The normalized spacial score (nSPS) is 10.7. The van der Waals surface area contributed by atoms with Gasteiger partial charge in [-0.05, 0) is 30.3 Å². The first-order valence-electron chi connectivity index (χ1n) is 7.36. The van der Waals surface area contributed by atoms with E-state index in [0.717, 1.165) is 27.7 Å². The van der Waals surface area contributed by atoms with Crippen LogP contribution in [0.25, 0.3) is 21.9 Å². The number of hydrogen-bond donors (Lipinski definition) is 2. The molecule has 0 atom stereocenters. The number of aromatic amines is 1. The zero-order valence-corrected chi connectivity index (χ0v) is 12.9. The lowest BCUT2D eigenvalue weighted by atomic mass is 10.2. The van der Waals surface area contributed by atoms with Crippen molar-refractivity contribution in [3.8, 4) is 11.8 Å². The molecule has 0 spiro atoms. The Labute approximate surface area is 137 Å². The van der Waals surface area contributed by atoms with Gasteiger partial charge in [-0.2, -0.15) is 5.26 Å². The molecule has 6 nitrogen and oxygen atoms in total. The molecule has 2 N–H and O–H groups in total. The Morgan fingerprint density at radius 3 is 2.88 bits per heavy atom. The lowest BCUT2D eigenvalue weighted by Crippen LogP contribution is -1.97. The van der Waals surface area contributed by atoms with E-state index in [1.807, 2.05) is 36.4 Å². The first-order chi connectivity index (χ1) is 11.8. The van der Waals surface area contributed by atoms with Crippen molar-refractivity contribution in [2.75, 3.05) is 12.4 Å². The molecule has 0 aliphatic heterocycles. The maximum Gasteiger partial charge on any atom is 0.158 e. The molecule has 0 amide bonds. The van der Waals surface area contributed by atoms with Gasteiger partial charge in [0.2, 0.25) is 0 Å². The Morgan fingerprint density at radius 1 is 1.17 bits per heavy atom. The lowest BCUT2D eigenvalue weighted by Gasteiger charge is -2.07. The highest BCUT2D eigenvalue weighted by molar-refractivity contribution is 6.08. The summed E-state index contributed by atoms with van der Waals surface area (Å²) in [6, 6.07) is 15.3. The number of rotatable bonds is 3. The minimum Gasteiger partial charge on any atom is -0.497 e. The van der Waals surface area contributed by atoms with Crippen LogP contribution < -0.4 is 10.1 Å². The second-order valence-electron chi connectivity index (χ2n) is 5.26. The van der Waals surface area contributed by atoms with E-state index in [4.69, 9.17) is 4.74 Å². The third kappa shape index (κ3) is 2.20. The summed E-state index contributed by atoms with van der Waals surface area (Å²) in [5, 5.41) is 13.4. The first kappa shape index (κ1) is 14.0. The van der Waals surface area contributed by atoms with Gasteiger partial charge in [-0.3, -0.25) is 0 Å². The fraction of sp³-hybridized carbons (Fsp3) is 0.0556. The van der Waals surface area contributed by atoms with E-state index in [1.54, 1.807) is 13.2 Å². The van der Waals surface area contributed by atoms with Crippen molar-refractivity contribution in [1.82, 2.24) is 15.0 Å². The quantitative estimate of drug-likeness (QED) is 0.601. The molecule has 2 aromatic heterocycles. The van der Waals surface area contributed by atoms with E-state index in [-0.39, 0.29) is 0 Å². The van der Waals surface area contributed by atoms with Gasteiger partial charge in [0.25, 0.3) is 0 Å². The highest BCUT2D eigenvalue weighted by atomic mass is 16.5. The molecule has 4 aromatic rings. The number of methoxy groups -OCH3 is 1. The van der Waals surface area contributed by atoms with Gasteiger partial charge in [0.1, 0.15) is 29.2 Å². The predicted molar refractivity (Wildman–Crippen MR) is 92.4 cm³/mol. The van der Waals surface area contributed by atoms with Crippen LogP contribution in [0.5, 0.6) is 5.75 Å². The van der Waals surface area contributed by atoms with E-state index in [0.29, 0.717) is 17.1 Å². The molecular formula is C18H13N5O. The monoisotopic (exact) mass is 315 g/mol. The maximum atomic E-state index is 9.24. The number of hydrogen-bond acceptors (Lipinski definition) is 5. The van der Waals surface area contributed by atoms with E-state index in [9.17, 15) is 5.26 Å². The molecule has 0 fully saturated rings. The van der Waals surface area contributed by atoms with Crippen molar-refractivity contribution >= 4 is 33.4 Å². The van der Waals surface area contributed by atoms with Crippen LogP contribution in [0.15, 0.2) is 48.8 Å². The number of ether oxygens (including phenoxy) is 1. The Balaban J connectivity index is 1.89. The standard InChI is InChI=1S/C18H13N5O/c1-24-12-6-7-15-13(8-12)16-17(22-15)18(21-10-20-16)23-14-5-3-2-4-11(14)9-19/h2-8,10,22H,1H3,(H,20,21,23). The molecule has 0 saturated carbocycles. The van der Waals surface area contributed by atoms with Gasteiger partial charge in [0.05, 0.1) is 18.4 Å². The number of nitrogens with zero attached hydrogens (tertiary/aromatic N) is 3. The molecule has 0 aliphatic rings. The second kappa shape index (κ2) is 5.56. The van der Waals surface area contributed by atoms with E-state index < -0.39 is 0 Å². The van der Waals surface area contributed by atoms with Crippen LogP contribution in [-0.4, -0.2) is 22.1 Å². The molecule has 4 rings (SSSR count). The summed E-state index contributed by atoms with van der Waals surface area (Å²) >= 11 is 0. The average Bonchev–Trinajstić information content (AvgIpc) is 3.01. The first-order valence-corrected chi connectivity index (χ1v) is 7.36. The van der Waals surface area contributed by atoms with Crippen molar-refractivity contribution in [1.29, 1.82) is 5.26 Å². The third-order valence-corrected chi connectivity index (χ3v) is 3.89. The van der Waals surface area contributed by atoms with E-state index in [1.165, 1.54) is 6.33 Å². The molecule has 0 unspecified atom stereocenters. The van der Waals surface area contributed by atoms with Gasteiger partial charge >= 0.3 is 0 Å². The molecule has 24 heavy (non-hydrogen) atoms. The van der Waals surface area contributed by atoms with Crippen LogP contribution in [0.2, 0.25) is 0 Å². The highest BCUT2D eigenvalue weighted by Gasteiger charge is 2.12. The molecule has 116 valence electrons. The lowest BCUT2D eigenvalue weighted by molar-refractivity contribution is 0.415. The van der Waals surface area contributed by atoms with Crippen molar-refractivity contribution < 1.29 is 4.74 Å². The van der Waals surface area contributed by atoms with Gasteiger partial charge in [0, 0.05) is 10.9 Å². The van der Waals surface area contributed by atoms with Crippen molar-refractivity contribution in [3.63, 3.8) is 0 Å². The van der Waals surface area contributed by atoms with Crippen molar-refractivity contribution in [3.05, 3.63) is 54.4 Å². The molecule has 0 radical (unpaired) electrons. The minimum atomic E-state index is 0.557. The number of benzene rings is 2. The van der Waals surface area contributed by atoms with Gasteiger partial charge in [-0.1, -0.05) is 12.1 Å². The number of para-hydroxylation sites is 1. The van der Waals surface area contributed by atoms with Crippen LogP contribution in [-0.2, 0) is 0 Å². The smallest absolute Gasteiger partial charge is 0.158 e. The summed E-state index contributed by atoms with van der Waals surface area (Å²) in [7, 11) is 1.64. The number of fused-ring (bicyclic) bond motifs is 3. The Hall–Kier alpha value is -3.59. The van der Waals surface area contributed by atoms with E-state index in [2.05, 4.69) is 26.3 Å². The second-order valence-corrected chi connectivity index (χ2v) is 5.26. The maximum absolute atomic E-state index is 9.24. The predicted octanol–water partition coefficient (Wildman–Crippen LogP) is 3.73. The van der Waals surface area contributed by atoms with Crippen LogP contribution >= 0.6 is 0 Å². The highest BCUT2D eigenvalue weighted by Crippen LogP contribution is 2.31. The molecule has 0 aliphatic carbocycles. The van der Waals surface area contributed by atoms with Crippen LogP contribution in [0.3, 0.4) is 0 Å². The number of nitrogens with one attached hydrogen (secondary N) is 2. The zero-order valence-electron chi connectivity index (χ0n) is 12.9. The third-order valence-electron chi connectivity index (χ3n) is 3.89. The summed E-state index contributed by atoms with van der Waals surface area (Å²) < 4.78 is 5.29. The molecular weight excluding hydrogens is 302 g/mol. The molecule has 0 saturated heterocycles. The molecule has 2 aromatic carbocycles. The fourth-order valence-corrected chi connectivity index (χ4v) is 2.71. The number of aromatic nitrogens is 3. The van der Waals surface area contributed by atoms with Crippen LogP contribution in [0.1, 0.15) is 5.56 Å². The van der Waals surface area contributed by atoms with Gasteiger partial charge in [-0.25, -0.2) is 9.97 Å². The molecule has 2 heterocycles. The summed E-state index contributed by atoms with van der Waals surface area (Å²) in [5.41, 5.74) is 3.80. The SMILES string of the molecule is COc1ccc2[nH]c3c(Nc4ccccc4C#N)ncnc3c2c1. The number of H-pyrrole nitrogens is 1. The van der Waals surface area contributed by atoms with Gasteiger partial charge in [-0.15, -0.1) is 0 Å². The fourth-order valence-electron chi connectivity index (χ4n) is 2.71. The largest absolute Gasteiger partial charge is 0.497 e. The van der Waals surface area contributed by atoms with Crippen molar-refractivity contribution in [2.24, 2.45) is 0 Å². The van der Waals surface area contributed by atoms with Crippen LogP contribution in [0, 0.1) is 11.3 Å². The Bertz CT molecular complexity index is 1090. The van der Waals surface area contributed by atoms with Gasteiger partial charge < -0.3 is 15.0 Å². The van der Waals surface area contributed by atoms with Gasteiger partial charge in [0.15, 0.2) is 5.82 Å². The topological polar surface area (TPSA) is 86.6 Å². The van der Waals surface area contributed by atoms with Crippen molar-refractivity contribution in [2.45, 2.75) is 0 Å². The average molecular weight is 315 g/mol. The molecule has 6 heteroatoms. The van der Waals surface area contributed by atoms with E-state index >= 15 is 0 Å².